The number of hydrogen-bond acceptors (Lipinski definition) is 5. The lowest BCUT2D eigenvalue weighted by Gasteiger charge is -2.08. The number of nitrogens with zero attached hydrogens (tertiary/aromatic N) is 2. The topological polar surface area (TPSA) is 76.1 Å². The molecule has 1 amide bonds. The molecule has 2 aromatic rings. The predicted molar refractivity (Wildman–Crippen MR) is 90.3 cm³/mol. The summed E-state index contributed by atoms with van der Waals surface area (Å²) in [6.45, 7) is 3.08. The van der Waals surface area contributed by atoms with E-state index in [9.17, 15) is 4.79 Å². The van der Waals surface area contributed by atoms with Crippen LogP contribution in [0.5, 0.6) is 0 Å². The average Bonchev–Trinajstić information content (AvgIpc) is 2.55. The largest absolute Gasteiger partial charge is 0.385 e. The van der Waals surface area contributed by atoms with Gasteiger partial charge in [-0.25, -0.2) is 9.97 Å². The fourth-order valence-electron chi connectivity index (χ4n) is 1.84. The number of anilines is 2. The van der Waals surface area contributed by atoms with Crippen LogP contribution in [-0.4, -0.2) is 36.1 Å². The number of rotatable bonds is 7. The van der Waals surface area contributed by atoms with Crippen molar-refractivity contribution in [2.24, 2.45) is 0 Å². The van der Waals surface area contributed by atoms with E-state index in [4.69, 9.17) is 16.3 Å². The van der Waals surface area contributed by atoms with Crippen molar-refractivity contribution in [1.82, 2.24) is 15.3 Å². The lowest BCUT2D eigenvalue weighted by molar-refractivity contribution is 0.0943. The minimum atomic E-state index is -0.251. The quantitative estimate of drug-likeness (QED) is 0.761. The molecule has 1 aromatic heterocycles. The molecule has 0 atom stereocenters. The number of aryl methyl sites for hydroxylation is 1. The highest BCUT2D eigenvalue weighted by Crippen LogP contribution is 2.22. The third-order valence-corrected chi connectivity index (χ3v) is 3.55. The van der Waals surface area contributed by atoms with E-state index in [1.807, 2.05) is 25.1 Å². The minimum Gasteiger partial charge on any atom is -0.385 e. The molecule has 23 heavy (non-hydrogen) atoms. The molecule has 122 valence electrons. The fourth-order valence-corrected chi connectivity index (χ4v) is 2.02. The number of halogens is 1. The highest BCUT2D eigenvalue weighted by atomic mass is 35.5. The molecular formula is C16H19ClN4O2. The van der Waals surface area contributed by atoms with Gasteiger partial charge in [0, 0.05) is 31.0 Å². The Morgan fingerprint density at radius 1 is 1.30 bits per heavy atom. The molecule has 2 N–H and O–H groups in total. The van der Waals surface area contributed by atoms with Gasteiger partial charge in [-0.2, -0.15) is 0 Å². The van der Waals surface area contributed by atoms with Crippen molar-refractivity contribution < 1.29 is 9.53 Å². The van der Waals surface area contributed by atoms with Gasteiger partial charge in [-0.1, -0.05) is 17.7 Å². The van der Waals surface area contributed by atoms with Gasteiger partial charge in [0.05, 0.1) is 12.4 Å². The lowest BCUT2D eigenvalue weighted by atomic mass is 10.2. The van der Waals surface area contributed by atoms with Crippen LogP contribution in [0.3, 0.4) is 0 Å². The smallest absolute Gasteiger partial charge is 0.271 e. The first-order valence-corrected chi connectivity index (χ1v) is 7.60. The van der Waals surface area contributed by atoms with Gasteiger partial charge < -0.3 is 15.4 Å². The van der Waals surface area contributed by atoms with Crippen molar-refractivity contribution in [3.05, 3.63) is 46.9 Å². The third kappa shape index (κ3) is 5.19. The Kier molecular flexibility index (Phi) is 6.31. The molecule has 1 heterocycles. The molecule has 0 saturated heterocycles. The van der Waals surface area contributed by atoms with Crippen LogP contribution in [0.2, 0.25) is 5.02 Å². The molecule has 1 aromatic carbocycles. The normalized spacial score (nSPS) is 10.4. The number of methoxy groups -OCH3 is 1. The van der Waals surface area contributed by atoms with Crippen molar-refractivity contribution in [2.45, 2.75) is 13.3 Å². The number of benzene rings is 1. The number of aromatic nitrogens is 2. The molecule has 0 spiro atoms. The zero-order valence-corrected chi connectivity index (χ0v) is 13.9. The first-order chi connectivity index (χ1) is 11.1. The van der Waals surface area contributed by atoms with Gasteiger partial charge in [0.25, 0.3) is 5.91 Å². The van der Waals surface area contributed by atoms with E-state index in [1.165, 1.54) is 12.4 Å². The SMILES string of the molecule is COCCCNC(=O)c1cnc(Nc2ccc(C)c(Cl)c2)cn1. The second-order valence-electron chi connectivity index (χ2n) is 4.98. The van der Waals surface area contributed by atoms with Gasteiger partial charge in [0.2, 0.25) is 0 Å². The molecule has 0 aliphatic heterocycles. The van der Waals surface area contributed by atoms with Crippen LogP contribution in [0.25, 0.3) is 0 Å². The molecule has 0 saturated carbocycles. The van der Waals surface area contributed by atoms with Crippen LogP contribution in [0, 0.1) is 6.92 Å². The summed E-state index contributed by atoms with van der Waals surface area (Å²) in [5, 5.41) is 6.52. The average molecular weight is 335 g/mol. The van der Waals surface area contributed by atoms with Crippen LogP contribution in [0.15, 0.2) is 30.6 Å². The van der Waals surface area contributed by atoms with E-state index in [1.54, 1.807) is 7.11 Å². The molecule has 7 heteroatoms. The Morgan fingerprint density at radius 3 is 2.78 bits per heavy atom. The highest BCUT2D eigenvalue weighted by molar-refractivity contribution is 6.31. The minimum absolute atomic E-state index is 0.251. The standard InChI is InChI=1S/C16H19ClN4O2/c1-11-4-5-12(8-13(11)17)21-15-10-19-14(9-20-15)16(22)18-6-3-7-23-2/h4-5,8-10H,3,6-7H2,1-2H3,(H,18,22)(H,20,21). The van der Waals surface area contributed by atoms with Crippen LogP contribution in [-0.2, 0) is 4.74 Å². The summed E-state index contributed by atoms with van der Waals surface area (Å²) >= 11 is 6.08. The zero-order chi connectivity index (χ0) is 16.7. The molecule has 0 bridgehead atoms. The Morgan fingerprint density at radius 2 is 2.13 bits per heavy atom. The monoisotopic (exact) mass is 334 g/mol. The molecule has 0 aliphatic carbocycles. The maximum Gasteiger partial charge on any atom is 0.271 e. The molecule has 2 rings (SSSR count). The van der Waals surface area contributed by atoms with Crippen molar-refractivity contribution in [1.29, 1.82) is 0 Å². The summed E-state index contributed by atoms with van der Waals surface area (Å²) < 4.78 is 4.92. The molecule has 0 unspecified atom stereocenters. The summed E-state index contributed by atoms with van der Waals surface area (Å²) in [5.41, 5.74) is 2.09. The Balaban J connectivity index is 1.93. The van der Waals surface area contributed by atoms with Gasteiger partial charge in [-0.15, -0.1) is 0 Å². The fraction of sp³-hybridized carbons (Fsp3) is 0.312. The summed E-state index contributed by atoms with van der Waals surface area (Å²) in [6.07, 6.45) is 3.70. The van der Waals surface area contributed by atoms with Crippen LogP contribution < -0.4 is 10.6 Å². The van der Waals surface area contributed by atoms with E-state index in [-0.39, 0.29) is 11.6 Å². The van der Waals surface area contributed by atoms with E-state index in [0.29, 0.717) is 24.0 Å². The molecule has 0 aliphatic rings. The number of carbonyl (C=O) groups is 1. The number of carbonyl (C=O) groups excluding carboxylic acids is 1. The Labute approximate surface area is 140 Å². The maximum absolute atomic E-state index is 11.9. The summed E-state index contributed by atoms with van der Waals surface area (Å²) in [7, 11) is 1.63. The van der Waals surface area contributed by atoms with Crippen LogP contribution in [0.4, 0.5) is 11.5 Å². The van der Waals surface area contributed by atoms with Gasteiger partial charge in [-0.3, -0.25) is 4.79 Å². The summed E-state index contributed by atoms with van der Waals surface area (Å²) in [6, 6.07) is 5.63. The second-order valence-corrected chi connectivity index (χ2v) is 5.39. The number of amides is 1. The van der Waals surface area contributed by atoms with E-state index < -0.39 is 0 Å². The van der Waals surface area contributed by atoms with E-state index >= 15 is 0 Å². The van der Waals surface area contributed by atoms with E-state index in [2.05, 4.69) is 20.6 Å². The van der Waals surface area contributed by atoms with Crippen molar-refractivity contribution in [3.63, 3.8) is 0 Å². The van der Waals surface area contributed by atoms with Gasteiger partial charge >= 0.3 is 0 Å². The molecular weight excluding hydrogens is 316 g/mol. The number of nitrogens with one attached hydrogen (secondary N) is 2. The molecule has 6 nitrogen and oxygen atoms in total. The highest BCUT2D eigenvalue weighted by Gasteiger charge is 2.07. The molecule has 0 fully saturated rings. The zero-order valence-electron chi connectivity index (χ0n) is 13.1. The van der Waals surface area contributed by atoms with Crippen LogP contribution >= 0.6 is 11.6 Å². The van der Waals surface area contributed by atoms with Crippen molar-refractivity contribution in [2.75, 3.05) is 25.6 Å². The summed E-state index contributed by atoms with van der Waals surface area (Å²) in [4.78, 5) is 20.2. The lowest BCUT2D eigenvalue weighted by Crippen LogP contribution is -2.26. The van der Waals surface area contributed by atoms with Crippen LogP contribution in [0.1, 0.15) is 22.5 Å². The van der Waals surface area contributed by atoms with Gasteiger partial charge in [-0.05, 0) is 31.0 Å². The van der Waals surface area contributed by atoms with Gasteiger partial charge in [0.15, 0.2) is 0 Å². The Bertz CT molecular complexity index is 662. The molecule has 0 radical (unpaired) electrons. The maximum atomic E-state index is 11.9. The summed E-state index contributed by atoms with van der Waals surface area (Å²) in [5.74, 6) is 0.291. The van der Waals surface area contributed by atoms with Crippen molar-refractivity contribution in [3.8, 4) is 0 Å². The second kappa shape index (κ2) is 8.45. The number of hydrogen-bond donors (Lipinski definition) is 2. The van der Waals surface area contributed by atoms with Gasteiger partial charge in [0.1, 0.15) is 11.5 Å². The van der Waals surface area contributed by atoms with E-state index in [0.717, 1.165) is 17.7 Å². The first kappa shape index (κ1) is 17.2. The van der Waals surface area contributed by atoms with Crippen molar-refractivity contribution >= 4 is 29.0 Å². The first-order valence-electron chi connectivity index (χ1n) is 7.22. The predicted octanol–water partition coefficient (Wildman–Crippen LogP) is 2.95. The Hall–Kier alpha value is -2.18. The third-order valence-electron chi connectivity index (χ3n) is 3.14. The number of ether oxygens (including phenoxy) is 1.